The number of allylic oxidation sites excluding steroid dienone is 1. The minimum atomic E-state index is -0.0761. The van der Waals surface area contributed by atoms with Gasteiger partial charge in [0, 0.05) is 0 Å². The summed E-state index contributed by atoms with van der Waals surface area (Å²) in [5, 5.41) is 9.99. The summed E-state index contributed by atoms with van der Waals surface area (Å²) in [5.41, 5.74) is 2.53. The van der Waals surface area contributed by atoms with Gasteiger partial charge in [-0.1, -0.05) is 59.6 Å². The van der Waals surface area contributed by atoms with Gasteiger partial charge in [0.15, 0.2) is 0 Å². The van der Waals surface area contributed by atoms with Crippen molar-refractivity contribution < 1.29 is 5.11 Å². The average molecular weight is 307 g/mol. The molecule has 22 heavy (non-hydrogen) atoms. The molecule has 0 aromatic heterocycles. The van der Waals surface area contributed by atoms with Crippen molar-refractivity contribution in [3.8, 4) is 0 Å². The van der Waals surface area contributed by atoms with Crippen molar-refractivity contribution in [2.45, 2.75) is 92.6 Å². The number of rotatable bonds is 1. The lowest BCUT2D eigenvalue weighted by atomic mass is 9.47. The van der Waals surface area contributed by atoms with Crippen molar-refractivity contribution in [1.29, 1.82) is 0 Å². The zero-order valence-electron chi connectivity index (χ0n) is 15.8. The summed E-state index contributed by atoms with van der Waals surface area (Å²) in [6.45, 7) is 13.9. The molecule has 3 rings (SSSR count). The summed E-state index contributed by atoms with van der Waals surface area (Å²) < 4.78 is 0. The highest BCUT2D eigenvalue weighted by Crippen LogP contribution is 2.61. The molecular weight excluding hydrogens is 268 g/mol. The first-order valence-corrected chi connectivity index (χ1v) is 9.78. The smallest absolute Gasteiger partial charge is 0.0577 e. The first kappa shape index (κ1) is 18.0. The molecule has 0 heterocycles. The zero-order chi connectivity index (χ0) is 16.5. The van der Waals surface area contributed by atoms with Crippen molar-refractivity contribution in [3.05, 3.63) is 11.6 Å². The zero-order valence-corrected chi connectivity index (χ0v) is 15.8. The predicted octanol–water partition coefficient (Wildman–Crippen LogP) is 5.97. The van der Waals surface area contributed by atoms with E-state index in [1.165, 1.54) is 32.1 Å². The standard InChI is InChI=1S/C19H32O.C2H6/c1-5-18(3)10-9-17-16(13(18)2)7-6-14-12-15(20)8-11-19(14,17)4;1-2/h6,13,15-17,20H,5,7-12H2,1-4H3;1-2H3. The lowest BCUT2D eigenvalue weighted by molar-refractivity contribution is -0.0445. The van der Waals surface area contributed by atoms with Crippen LogP contribution in [0, 0.1) is 28.6 Å². The third-order valence-corrected chi connectivity index (χ3v) is 7.73. The highest BCUT2D eigenvalue weighted by atomic mass is 16.3. The van der Waals surface area contributed by atoms with Crippen LogP contribution in [-0.4, -0.2) is 11.2 Å². The summed E-state index contributed by atoms with van der Waals surface area (Å²) in [6.07, 6.45) is 11.0. The summed E-state index contributed by atoms with van der Waals surface area (Å²) >= 11 is 0. The maximum Gasteiger partial charge on any atom is 0.0577 e. The minimum absolute atomic E-state index is 0.0761. The van der Waals surface area contributed by atoms with Gasteiger partial charge in [-0.15, -0.1) is 0 Å². The van der Waals surface area contributed by atoms with Crippen molar-refractivity contribution in [2.24, 2.45) is 28.6 Å². The summed E-state index contributed by atoms with van der Waals surface area (Å²) in [5.74, 6) is 2.58. The molecule has 1 N–H and O–H groups in total. The molecule has 2 fully saturated rings. The Bertz CT molecular complexity index is 412. The molecular formula is C21H38O. The maximum absolute atomic E-state index is 9.99. The Hall–Kier alpha value is -0.300. The van der Waals surface area contributed by atoms with E-state index in [4.69, 9.17) is 0 Å². The fourth-order valence-corrected chi connectivity index (χ4v) is 5.68. The van der Waals surface area contributed by atoms with Crippen LogP contribution >= 0.6 is 0 Å². The quantitative estimate of drug-likeness (QED) is 0.591. The molecule has 0 spiro atoms. The van der Waals surface area contributed by atoms with Gasteiger partial charge in [0.1, 0.15) is 0 Å². The molecule has 128 valence electrons. The molecule has 1 nitrogen and oxygen atoms in total. The van der Waals surface area contributed by atoms with E-state index in [-0.39, 0.29) is 6.10 Å². The molecule has 3 aliphatic carbocycles. The van der Waals surface area contributed by atoms with Crippen LogP contribution in [-0.2, 0) is 0 Å². The van der Waals surface area contributed by atoms with E-state index >= 15 is 0 Å². The summed E-state index contributed by atoms with van der Waals surface area (Å²) in [7, 11) is 0. The van der Waals surface area contributed by atoms with Crippen molar-refractivity contribution in [3.63, 3.8) is 0 Å². The Labute approximate surface area is 138 Å². The number of aliphatic hydroxyl groups is 1. The van der Waals surface area contributed by atoms with Crippen LogP contribution in [0.15, 0.2) is 11.6 Å². The SMILES string of the molecule is CC.CCC1(C)CCC2C(CC=C3CC(O)CCC32C)C1C. The molecule has 0 bridgehead atoms. The van der Waals surface area contributed by atoms with Crippen molar-refractivity contribution in [1.82, 2.24) is 0 Å². The van der Waals surface area contributed by atoms with E-state index in [1.54, 1.807) is 5.57 Å². The molecule has 6 atom stereocenters. The number of hydrogen-bond acceptors (Lipinski definition) is 1. The summed E-state index contributed by atoms with van der Waals surface area (Å²) in [6, 6.07) is 0. The number of fused-ring (bicyclic) bond motifs is 3. The highest BCUT2D eigenvalue weighted by molar-refractivity contribution is 5.24. The molecule has 0 aromatic rings. The van der Waals surface area contributed by atoms with E-state index in [0.29, 0.717) is 10.8 Å². The Morgan fingerprint density at radius 3 is 2.50 bits per heavy atom. The van der Waals surface area contributed by atoms with Crippen LogP contribution < -0.4 is 0 Å². The first-order valence-electron chi connectivity index (χ1n) is 9.78. The fraction of sp³-hybridized carbons (Fsp3) is 0.905. The van der Waals surface area contributed by atoms with Crippen LogP contribution in [0.3, 0.4) is 0 Å². The van der Waals surface area contributed by atoms with E-state index in [0.717, 1.165) is 30.6 Å². The van der Waals surface area contributed by atoms with Crippen LogP contribution in [0.1, 0.15) is 86.5 Å². The lowest BCUT2D eigenvalue weighted by Gasteiger charge is -2.58. The molecule has 6 unspecified atom stereocenters. The Balaban J connectivity index is 0.000000847. The van der Waals surface area contributed by atoms with Gasteiger partial charge in [0.2, 0.25) is 0 Å². The maximum atomic E-state index is 9.99. The molecule has 0 aromatic carbocycles. The predicted molar refractivity (Wildman–Crippen MR) is 95.8 cm³/mol. The molecule has 0 amide bonds. The molecule has 2 saturated carbocycles. The van der Waals surface area contributed by atoms with Crippen LogP contribution in [0.4, 0.5) is 0 Å². The monoisotopic (exact) mass is 306 g/mol. The van der Waals surface area contributed by atoms with Crippen LogP contribution in [0.25, 0.3) is 0 Å². The molecule has 0 aliphatic heterocycles. The van der Waals surface area contributed by atoms with Gasteiger partial charge in [-0.3, -0.25) is 0 Å². The fourth-order valence-electron chi connectivity index (χ4n) is 5.68. The van der Waals surface area contributed by atoms with Crippen molar-refractivity contribution in [2.75, 3.05) is 0 Å². The van der Waals surface area contributed by atoms with E-state index in [9.17, 15) is 5.11 Å². The normalized spacial score (nSPS) is 47.5. The summed E-state index contributed by atoms with van der Waals surface area (Å²) in [4.78, 5) is 0. The first-order chi connectivity index (χ1) is 10.4. The number of aliphatic hydroxyl groups excluding tert-OH is 1. The third kappa shape index (κ3) is 2.79. The van der Waals surface area contributed by atoms with Gasteiger partial charge in [0.05, 0.1) is 6.10 Å². The van der Waals surface area contributed by atoms with Gasteiger partial charge in [0.25, 0.3) is 0 Å². The molecule has 0 saturated heterocycles. The second-order valence-corrected chi connectivity index (χ2v) is 8.38. The molecule has 1 heteroatoms. The Morgan fingerprint density at radius 2 is 1.86 bits per heavy atom. The Morgan fingerprint density at radius 1 is 1.18 bits per heavy atom. The topological polar surface area (TPSA) is 20.2 Å². The van der Waals surface area contributed by atoms with Gasteiger partial charge in [-0.05, 0) is 67.1 Å². The van der Waals surface area contributed by atoms with Gasteiger partial charge in [-0.2, -0.15) is 0 Å². The highest BCUT2D eigenvalue weighted by Gasteiger charge is 2.52. The second kappa shape index (κ2) is 6.67. The lowest BCUT2D eigenvalue weighted by Crippen LogP contribution is -2.49. The van der Waals surface area contributed by atoms with E-state index < -0.39 is 0 Å². The largest absolute Gasteiger partial charge is 0.393 e. The van der Waals surface area contributed by atoms with Crippen molar-refractivity contribution >= 4 is 0 Å². The van der Waals surface area contributed by atoms with Crippen LogP contribution in [0.2, 0.25) is 0 Å². The average Bonchev–Trinajstić information content (AvgIpc) is 2.53. The molecule has 3 aliphatic rings. The minimum Gasteiger partial charge on any atom is -0.393 e. The van der Waals surface area contributed by atoms with Crippen LogP contribution in [0.5, 0.6) is 0 Å². The molecule has 0 radical (unpaired) electrons. The number of hydrogen-bond donors (Lipinski definition) is 1. The van der Waals surface area contributed by atoms with E-state index in [1.807, 2.05) is 13.8 Å². The van der Waals surface area contributed by atoms with Gasteiger partial charge < -0.3 is 5.11 Å². The van der Waals surface area contributed by atoms with E-state index in [2.05, 4.69) is 33.8 Å². The Kier molecular flexibility index (Phi) is 5.47. The second-order valence-electron chi connectivity index (χ2n) is 8.38. The van der Waals surface area contributed by atoms with Gasteiger partial charge in [-0.25, -0.2) is 0 Å². The third-order valence-electron chi connectivity index (χ3n) is 7.73. The van der Waals surface area contributed by atoms with Gasteiger partial charge >= 0.3 is 0 Å².